The molecule has 0 saturated carbocycles. The van der Waals surface area contributed by atoms with E-state index < -0.39 is 11.9 Å². The number of nitrogens with one attached hydrogen (secondary N) is 1. The first-order valence-electron chi connectivity index (χ1n) is 9.15. The van der Waals surface area contributed by atoms with Gasteiger partial charge in [0.25, 0.3) is 5.91 Å². The first-order chi connectivity index (χ1) is 14.2. The van der Waals surface area contributed by atoms with Gasteiger partial charge in [-0.3, -0.25) is 14.3 Å². The van der Waals surface area contributed by atoms with Gasteiger partial charge in [0.1, 0.15) is 12.3 Å². The van der Waals surface area contributed by atoms with Crippen molar-refractivity contribution in [2.24, 2.45) is 0 Å². The minimum atomic E-state index is -1.04. The highest BCUT2D eigenvalue weighted by Gasteiger charge is 2.17. The predicted octanol–water partition coefficient (Wildman–Crippen LogP) is 3.34. The van der Waals surface area contributed by atoms with E-state index in [0.717, 1.165) is 16.8 Å². The van der Waals surface area contributed by atoms with E-state index in [0.29, 0.717) is 22.2 Å². The standard InChI is InChI=1S/C20H22ClN5O4/c1-11-5-16(6-12(2)18(11)21)30-10-26-14(4)19(13(3)24-26)23-20(29)15-7-22-25(8-15)9-17(27)28/h5-8H,9-10H2,1-4H3,(H,23,29)(H,27,28). The van der Waals surface area contributed by atoms with Crippen LogP contribution in [0.15, 0.2) is 24.5 Å². The number of ether oxygens (including phenoxy) is 1. The summed E-state index contributed by atoms with van der Waals surface area (Å²) in [5.41, 5.74) is 4.03. The van der Waals surface area contributed by atoms with Crippen molar-refractivity contribution in [3.05, 3.63) is 57.6 Å². The van der Waals surface area contributed by atoms with Crippen molar-refractivity contribution in [1.82, 2.24) is 19.6 Å². The van der Waals surface area contributed by atoms with E-state index in [1.807, 2.05) is 32.9 Å². The number of amides is 1. The molecular weight excluding hydrogens is 410 g/mol. The zero-order valence-corrected chi connectivity index (χ0v) is 17.8. The van der Waals surface area contributed by atoms with Crippen LogP contribution in [0, 0.1) is 27.7 Å². The Labute approximate surface area is 178 Å². The zero-order chi connectivity index (χ0) is 22.0. The van der Waals surface area contributed by atoms with E-state index in [1.54, 1.807) is 11.6 Å². The van der Waals surface area contributed by atoms with Gasteiger partial charge in [-0.05, 0) is 51.0 Å². The predicted molar refractivity (Wildman–Crippen MR) is 111 cm³/mol. The van der Waals surface area contributed by atoms with Crippen LogP contribution in [0.3, 0.4) is 0 Å². The van der Waals surface area contributed by atoms with Gasteiger partial charge in [-0.2, -0.15) is 10.2 Å². The molecule has 0 bridgehead atoms. The number of carbonyl (C=O) groups excluding carboxylic acids is 1. The number of aromatic nitrogens is 4. The highest BCUT2D eigenvalue weighted by atomic mass is 35.5. The Hall–Kier alpha value is -3.33. The molecule has 0 atom stereocenters. The highest BCUT2D eigenvalue weighted by Crippen LogP contribution is 2.26. The minimum absolute atomic E-state index is 0.166. The molecule has 2 aromatic heterocycles. The van der Waals surface area contributed by atoms with E-state index in [-0.39, 0.29) is 18.8 Å². The average Bonchev–Trinajstić information content (AvgIpc) is 3.23. The van der Waals surface area contributed by atoms with Gasteiger partial charge in [0.05, 0.1) is 28.8 Å². The number of anilines is 1. The van der Waals surface area contributed by atoms with Crippen LogP contribution in [0.1, 0.15) is 32.9 Å². The van der Waals surface area contributed by atoms with Gasteiger partial charge in [0.15, 0.2) is 6.73 Å². The minimum Gasteiger partial charge on any atom is -0.480 e. The molecule has 3 aromatic rings. The highest BCUT2D eigenvalue weighted by molar-refractivity contribution is 6.32. The maximum absolute atomic E-state index is 12.5. The average molecular weight is 432 g/mol. The number of nitrogens with zero attached hydrogens (tertiary/aromatic N) is 4. The van der Waals surface area contributed by atoms with Crippen LogP contribution in [-0.2, 0) is 18.1 Å². The Balaban J connectivity index is 1.71. The van der Waals surface area contributed by atoms with E-state index in [4.69, 9.17) is 21.4 Å². The molecule has 3 rings (SSSR count). The lowest BCUT2D eigenvalue weighted by Crippen LogP contribution is -2.14. The summed E-state index contributed by atoms with van der Waals surface area (Å²) in [6.45, 7) is 7.29. The third-order valence-electron chi connectivity index (χ3n) is 4.58. The molecule has 0 radical (unpaired) electrons. The van der Waals surface area contributed by atoms with Crippen molar-refractivity contribution in [1.29, 1.82) is 0 Å². The lowest BCUT2D eigenvalue weighted by Gasteiger charge is -2.11. The number of aryl methyl sites for hydroxylation is 3. The summed E-state index contributed by atoms with van der Waals surface area (Å²) in [6.07, 6.45) is 2.70. The molecule has 0 fully saturated rings. The van der Waals surface area contributed by atoms with Crippen LogP contribution in [0.5, 0.6) is 5.75 Å². The second-order valence-corrected chi connectivity index (χ2v) is 7.34. The Morgan fingerprint density at radius 1 is 1.20 bits per heavy atom. The van der Waals surface area contributed by atoms with Gasteiger partial charge < -0.3 is 15.2 Å². The molecule has 30 heavy (non-hydrogen) atoms. The summed E-state index contributed by atoms with van der Waals surface area (Å²) in [4.78, 5) is 23.3. The van der Waals surface area contributed by atoms with Crippen molar-refractivity contribution < 1.29 is 19.4 Å². The molecule has 1 aromatic carbocycles. The number of hydrogen-bond acceptors (Lipinski definition) is 5. The summed E-state index contributed by atoms with van der Waals surface area (Å²) in [5.74, 6) is -0.760. The van der Waals surface area contributed by atoms with Crippen LogP contribution < -0.4 is 10.1 Å². The maximum atomic E-state index is 12.5. The van der Waals surface area contributed by atoms with Crippen molar-refractivity contribution >= 4 is 29.2 Å². The molecule has 0 aliphatic carbocycles. The van der Waals surface area contributed by atoms with Crippen LogP contribution >= 0.6 is 11.6 Å². The smallest absolute Gasteiger partial charge is 0.325 e. The molecule has 10 heteroatoms. The van der Waals surface area contributed by atoms with Gasteiger partial charge >= 0.3 is 5.97 Å². The number of benzene rings is 1. The summed E-state index contributed by atoms with van der Waals surface area (Å²) in [5, 5.41) is 20.6. The number of hydrogen-bond donors (Lipinski definition) is 2. The first kappa shape index (κ1) is 21.4. The van der Waals surface area contributed by atoms with Crippen LogP contribution in [0.4, 0.5) is 5.69 Å². The Morgan fingerprint density at radius 2 is 1.87 bits per heavy atom. The summed E-state index contributed by atoms with van der Waals surface area (Å²) < 4.78 is 8.68. The van der Waals surface area contributed by atoms with E-state index in [9.17, 15) is 9.59 Å². The third kappa shape index (κ3) is 4.62. The van der Waals surface area contributed by atoms with E-state index in [2.05, 4.69) is 15.5 Å². The summed E-state index contributed by atoms with van der Waals surface area (Å²) in [6, 6.07) is 3.72. The van der Waals surface area contributed by atoms with Crippen molar-refractivity contribution in [2.45, 2.75) is 41.0 Å². The second-order valence-electron chi connectivity index (χ2n) is 6.96. The topological polar surface area (TPSA) is 111 Å². The number of carboxylic acid groups (broad SMARTS) is 1. The largest absolute Gasteiger partial charge is 0.480 e. The summed E-state index contributed by atoms with van der Waals surface area (Å²) >= 11 is 6.19. The number of rotatable bonds is 7. The fraction of sp³-hybridized carbons (Fsp3) is 0.300. The fourth-order valence-electron chi connectivity index (χ4n) is 3.02. The van der Waals surface area contributed by atoms with Gasteiger partial charge in [-0.25, -0.2) is 4.68 Å². The van der Waals surface area contributed by atoms with Gasteiger partial charge in [0.2, 0.25) is 0 Å². The van der Waals surface area contributed by atoms with Crippen molar-refractivity contribution in [3.8, 4) is 5.75 Å². The lowest BCUT2D eigenvalue weighted by atomic mass is 10.1. The fourth-order valence-corrected chi connectivity index (χ4v) is 3.13. The van der Waals surface area contributed by atoms with Gasteiger partial charge in [0, 0.05) is 11.2 Å². The Kier molecular flexibility index (Phi) is 6.12. The molecule has 0 spiro atoms. The molecule has 0 saturated heterocycles. The molecular formula is C20H22ClN5O4. The van der Waals surface area contributed by atoms with Crippen molar-refractivity contribution in [2.75, 3.05) is 5.32 Å². The third-order valence-corrected chi connectivity index (χ3v) is 5.17. The van der Waals surface area contributed by atoms with Crippen LogP contribution in [0.25, 0.3) is 0 Å². The van der Waals surface area contributed by atoms with Gasteiger partial charge in [-0.15, -0.1) is 0 Å². The zero-order valence-electron chi connectivity index (χ0n) is 17.1. The number of aliphatic carboxylic acids is 1. The Morgan fingerprint density at radius 3 is 2.50 bits per heavy atom. The second kappa shape index (κ2) is 8.58. The quantitative estimate of drug-likeness (QED) is 0.593. The van der Waals surface area contributed by atoms with Crippen molar-refractivity contribution in [3.63, 3.8) is 0 Å². The molecule has 2 N–H and O–H groups in total. The van der Waals surface area contributed by atoms with Gasteiger partial charge in [-0.1, -0.05) is 11.6 Å². The first-order valence-corrected chi connectivity index (χ1v) is 9.52. The monoisotopic (exact) mass is 431 g/mol. The normalized spacial score (nSPS) is 10.8. The number of carboxylic acids is 1. The molecule has 158 valence electrons. The summed E-state index contributed by atoms with van der Waals surface area (Å²) in [7, 11) is 0. The molecule has 2 heterocycles. The molecule has 0 aliphatic rings. The van der Waals surface area contributed by atoms with Crippen LogP contribution in [0.2, 0.25) is 5.02 Å². The molecule has 9 nitrogen and oxygen atoms in total. The maximum Gasteiger partial charge on any atom is 0.325 e. The van der Waals surface area contributed by atoms with E-state index >= 15 is 0 Å². The molecule has 1 amide bonds. The van der Waals surface area contributed by atoms with E-state index in [1.165, 1.54) is 17.1 Å². The SMILES string of the molecule is Cc1cc(OCn2nc(C)c(NC(=O)c3cnn(CC(=O)O)c3)c2C)cc(C)c1Cl. The van der Waals surface area contributed by atoms with Crippen LogP contribution in [-0.4, -0.2) is 36.5 Å². The number of carbonyl (C=O) groups is 2. The Bertz CT molecular complexity index is 1100. The molecule has 0 aliphatic heterocycles. The number of halogens is 1. The molecule has 0 unspecified atom stereocenters. The lowest BCUT2D eigenvalue weighted by molar-refractivity contribution is -0.137.